The van der Waals surface area contributed by atoms with Crippen molar-refractivity contribution < 1.29 is 0 Å². The van der Waals surface area contributed by atoms with Gasteiger partial charge in [0.2, 0.25) is 0 Å². The molecule has 1 rings (SSSR count). The van der Waals surface area contributed by atoms with E-state index in [2.05, 4.69) is 43.8 Å². The Labute approximate surface area is 97.9 Å². The molecule has 1 aliphatic heterocycles. The summed E-state index contributed by atoms with van der Waals surface area (Å²) in [5.41, 5.74) is 6.69. The minimum Gasteiger partial charge on any atom is -0.404 e. The molecule has 0 fully saturated rings. The van der Waals surface area contributed by atoms with Crippen molar-refractivity contribution in [1.29, 1.82) is 0 Å². The van der Waals surface area contributed by atoms with E-state index in [1.807, 2.05) is 12.4 Å². The zero-order valence-corrected chi connectivity index (χ0v) is 10.5. The van der Waals surface area contributed by atoms with Crippen molar-refractivity contribution in [2.75, 3.05) is 0 Å². The SMILES string of the molecule is CC(C)C1=N/C=C\C(C)C(C)/C(=C\N)C=N1. The van der Waals surface area contributed by atoms with E-state index in [1.54, 1.807) is 6.20 Å². The van der Waals surface area contributed by atoms with Gasteiger partial charge in [-0.25, -0.2) is 9.98 Å². The molecule has 0 amide bonds. The molecule has 0 bridgehead atoms. The minimum absolute atomic E-state index is 0.323. The normalized spacial score (nSPS) is 30.8. The zero-order chi connectivity index (χ0) is 12.1. The Morgan fingerprint density at radius 3 is 2.62 bits per heavy atom. The molecule has 0 aromatic rings. The topological polar surface area (TPSA) is 50.7 Å². The summed E-state index contributed by atoms with van der Waals surface area (Å²) in [7, 11) is 0. The fraction of sp³-hybridized carbons (Fsp3) is 0.538. The molecule has 1 aliphatic rings. The van der Waals surface area contributed by atoms with Crippen molar-refractivity contribution in [3.05, 3.63) is 24.0 Å². The van der Waals surface area contributed by atoms with Crippen LogP contribution in [0.1, 0.15) is 27.7 Å². The molecule has 0 aliphatic carbocycles. The standard InChI is InChI=1S/C13H21N3/c1-9(2)13-15-6-5-10(3)11(4)12(7-14)8-16-13/h5-11H,14H2,1-4H3/b6-5-,12-7-,15-13?,16-8?. The van der Waals surface area contributed by atoms with Gasteiger partial charge in [-0.15, -0.1) is 0 Å². The van der Waals surface area contributed by atoms with E-state index in [-0.39, 0.29) is 0 Å². The number of amidine groups is 1. The molecule has 0 aromatic carbocycles. The van der Waals surface area contributed by atoms with E-state index in [0.29, 0.717) is 17.8 Å². The highest BCUT2D eigenvalue weighted by molar-refractivity contribution is 5.96. The molecule has 0 aromatic heterocycles. The third-order valence-corrected chi connectivity index (χ3v) is 2.97. The summed E-state index contributed by atoms with van der Waals surface area (Å²) in [6.45, 7) is 8.48. The van der Waals surface area contributed by atoms with Crippen molar-refractivity contribution >= 4 is 12.1 Å². The molecule has 1 heterocycles. The van der Waals surface area contributed by atoms with E-state index in [0.717, 1.165) is 11.4 Å². The Morgan fingerprint density at radius 2 is 2.06 bits per heavy atom. The second-order valence-corrected chi connectivity index (χ2v) is 4.56. The van der Waals surface area contributed by atoms with Crippen molar-refractivity contribution in [3.8, 4) is 0 Å². The van der Waals surface area contributed by atoms with Gasteiger partial charge in [-0.3, -0.25) is 0 Å². The Morgan fingerprint density at radius 1 is 1.38 bits per heavy atom. The van der Waals surface area contributed by atoms with Gasteiger partial charge in [-0.1, -0.05) is 33.8 Å². The Kier molecular flexibility index (Phi) is 4.47. The zero-order valence-electron chi connectivity index (χ0n) is 10.5. The molecule has 0 radical (unpaired) electrons. The van der Waals surface area contributed by atoms with Gasteiger partial charge in [-0.2, -0.15) is 0 Å². The largest absolute Gasteiger partial charge is 0.404 e. The molecule has 0 saturated carbocycles. The van der Waals surface area contributed by atoms with E-state index in [4.69, 9.17) is 5.73 Å². The maximum atomic E-state index is 5.63. The third kappa shape index (κ3) is 3.05. The molecule has 2 N–H and O–H groups in total. The second kappa shape index (κ2) is 5.64. The summed E-state index contributed by atoms with van der Waals surface area (Å²) in [6.07, 6.45) is 7.44. The maximum absolute atomic E-state index is 5.63. The van der Waals surface area contributed by atoms with E-state index >= 15 is 0 Å². The number of nitrogens with zero attached hydrogens (tertiary/aromatic N) is 2. The maximum Gasteiger partial charge on any atom is 0.130 e. The average Bonchev–Trinajstić information content (AvgIpc) is 2.31. The van der Waals surface area contributed by atoms with Gasteiger partial charge < -0.3 is 5.73 Å². The van der Waals surface area contributed by atoms with Crippen LogP contribution in [0.3, 0.4) is 0 Å². The van der Waals surface area contributed by atoms with Crippen molar-refractivity contribution in [3.63, 3.8) is 0 Å². The van der Waals surface area contributed by atoms with Gasteiger partial charge >= 0.3 is 0 Å². The highest BCUT2D eigenvalue weighted by atomic mass is 14.9. The summed E-state index contributed by atoms with van der Waals surface area (Å²) in [5, 5.41) is 0. The molecule has 2 atom stereocenters. The van der Waals surface area contributed by atoms with Gasteiger partial charge in [0.25, 0.3) is 0 Å². The fourth-order valence-corrected chi connectivity index (χ4v) is 1.51. The average molecular weight is 219 g/mol. The Bertz CT molecular complexity index is 348. The molecule has 3 heteroatoms. The predicted molar refractivity (Wildman–Crippen MR) is 70.5 cm³/mol. The highest BCUT2D eigenvalue weighted by Gasteiger charge is 2.14. The quantitative estimate of drug-likeness (QED) is 0.724. The van der Waals surface area contributed by atoms with Crippen LogP contribution in [-0.2, 0) is 0 Å². The highest BCUT2D eigenvalue weighted by Crippen LogP contribution is 2.21. The first-order valence-corrected chi connectivity index (χ1v) is 5.76. The van der Waals surface area contributed by atoms with Crippen molar-refractivity contribution in [2.45, 2.75) is 27.7 Å². The first-order chi connectivity index (χ1) is 7.56. The molecular formula is C13H21N3. The van der Waals surface area contributed by atoms with Gasteiger partial charge in [0.15, 0.2) is 0 Å². The monoisotopic (exact) mass is 219 g/mol. The first-order valence-electron chi connectivity index (χ1n) is 5.76. The van der Waals surface area contributed by atoms with E-state index in [9.17, 15) is 0 Å². The number of hydrogen-bond donors (Lipinski definition) is 1. The third-order valence-electron chi connectivity index (χ3n) is 2.97. The molecule has 3 nitrogen and oxygen atoms in total. The lowest BCUT2D eigenvalue weighted by atomic mass is 9.89. The lowest BCUT2D eigenvalue weighted by Gasteiger charge is -2.16. The van der Waals surface area contributed by atoms with Crippen LogP contribution in [0, 0.1) is 17.8 Å². The van der Waals surface area contributed by atoms with Crippen LogP contribution in [0.4, 0.5) is 0 Å². The van der Waals surface area contributed by atoms with Crippen LogP contribution in [0.2, 0.25) is 0 Å². The Balaban J connectivity index is 3.07. The van der Waals surface area contributed by atoms with Crippen LogP contribution < -0.4 is 5.73 Å². The fourth-order valence-electron chi connectivity index (χ4n) is 1.51. The smallest absolute Gasteiger partial charge is 0.130 e. The molecule has 0 spiro atoms. The van der Waals surface area contributed by atoms with Crippen LogP contribution in [0.5, 0.6) is 0 Å². The molecular weight excluding hydrogens is 198 g/mol. The van der Waals surface area contributed by atoms with Crippen LogP contribution in [0.25, 0.3) is 0 Å². The number of allylic oxidation sites excluding steroid dienone is 2. The number of nitrogens with two attached hydrogens (primary N) is 1. The lowest BCUT2D eigenvalue weighted by Crippen LogP contribution is -2.11. The first kappa shape index (κ1) is 12.7. The van der Waals surface area contributed by atoms with Crippen molar-refractivity contribution in [1.82, 2.24) is 0 Å². The molecule has 0 saturated heterocycles. The van der Waals surface area contributed by atoms with E-state index < -0.39 is 0 Å². The number of aliphatic imine (C=N–C) groups is 2. The number of hydrogen-bond acceptors (Lipinski definition) is 3. The lowest BCUT2D eigenvalue weighted by molar-refractivity contribution is 0.544. The predicted octanol–water partition coefficient (Wildman–Crippen LogP) is 2.75. The summed E-state index contributed by atoms with van der Waals surface area (Å²) >= 11 is 0. The summed E-state index contributed by atoms with van der Waals surface area (Å²) < 4.78 is 0. The van der Waals surface area contributed by atoms with Gasteiger partial charge in [-0.05, 0) is 23.6 Å². The Hall–Kier alpha value is -1.38. The van der Waals surface area contributed by atoms with Crippen LogP contribution in [-0.4, -0.2) is 12.1 Å². The number of rotatable bonds is 1. The second-order valence-electron chi connectivity index (χ2n) is 4.56. The summed E-state index contributed by atoms with van der Waals surface area (Å²) in [5.74, 6) is 1.95. The summed E-state index contributed by atoms with van der Waals surface area (Å²) in [4.78, 5) is 8.77. The van der Waals surface area contributed by atoms with Gasteiger partial charge in [0.05, 0.1) is 0 Å². The molecule has 16 heavy (non-hydrogen) atoms. The van der Waals surface area contributed by atoms with Gasteiger partial charge in [0.1, 0.15) is 5.84 Å². The van der Waals surface area contributed by atoms with Crippen molar-refractivity contribution in [2.24, 2.45) is 33.5 Å². The van der Waals surface area contributed by atoms with Crippen LogP contribution in [0.15, 0.2) is 34.0 Å². The van der Waals surface area contributed by atoms with Gasteiger partial charge in [0, 0.05) is 18.3 Å². The van der Waals surface area contributed by atoms with E-state index in [1.165, 1.54) is 0 Å². The molecule has 88 valence electrons. The summed E-state index contributed by atoms with van der Waals surface area (Å²) in [6, 6.07) is 0. The minimum atomic E-state index is 0.323. The van der Waals surface area contributed by atoms with Crippen LogP contribution >= 0.6 is 0 Å². The molecule has 2 unspecified atom stereocenters.